The summed E-state index contributed by atoms with van der Waals surface area (Å²) >= 11 is 0. The maximum absolute atomic E-state index is 11.2. The highest BCUT2D eigenvalue weighted by molar-refractivity contribution is 5.94. The van der Waals surface area contributed by atoms with Crippen LogP contribution in [0.3, 0.4) is 0 Å². The Morgan fingerprint density at radius 1 is 1.75 bits per heavy atom. The van der Waals surface area contributed by atoms with Crippen molar-refractivity contribution in [2.24, 2.45) is 16.6 Å². The molecule has 1 unspecified atom stereocenters. The highest BCUT2D eigenvalue weighted by atomic mass is 16.2. The van der Waals surface area contributed by atoms with Gasteiger partial charge in [0, 0.05) is 0 Å². The van der Waals surface area contributed by atoms with Crippen LogP contribution in [0.4, 0.5) is 0 Å². The summed E-state index contributed by atoms with van der Waals surface area (Å²) in [6.45, 7) is 4.52. The van der Waals surface area contributed by atoms with E-state index in [2.05, 4.69) is 24.2 Å². The van der Waals surface area contributed by atoms with Gasteiger partial charge in [-0.2, -0.15) is 0 Å². The molecule has 0 aromatic carbocycles. The second-order valence-electron chi connectivity index (χ2n) is 3.48. The van der Waals surface area contributed by atoms with Crippen LogP contribution in [0.1, 0.15) is 20.3 Å². The third kappa shape index (κ3) is 2.22. The van der Waals surface area contributed by atoms with Gasteiger partial charge in [0.2, 0.25) is 5.91 Å². The van der Waals surface area contributed by atoms with Crippen LogP contribution in [0.15, 0.2) is 4.99 Å². The topological polar surface area (TPSA) is 67.5 Å². The van der Waals surface area contributed by atoms with Gasteiger partial charge in [-0.1, -0.05) is 13.8 Å². The molecule has 1 aliphatic rings. The molecule has 1 amide bonds. The summed E-state index contributed by atoms with van der Waals surface area (Å²) in [6.07, 6.45) is 0.770. The summed E-state index contributed by atoms with van der Waals surface area (Å²) in [4.78, 5) is 15.3. The SMILES string of the molecule is CC(C)CC1N=C(N)CNC1=O. The lowest BCUT2D eigenvalue weighted by atomic mass is 10.0. The molecule has 0 aromatic heterocycles. The lowest BCUT2D eigenvalue weighted by molar-refractivity contribution is -0.122. The van der Waals surface area contributed by atoms with Gasteiger partial charge in [-0.25, -0.2) is 0 Å². The lowest BCUT2D eigenvalue weighted by Crippen LogP contribution is -2.45. The Labute approximate surface area is 72.2 Å². The van der Waals surface area contributed by atoms with E-state index in [9.17, 15) is 4.79 Å². The third-order valence-corrected chi connectivity index (χ3v) is 1.76. The largest absolute Gasteiger partial charge is 0.386 e. The molecule has 1 rings (SSSR count). The predicted octanol–water partition coefficient (Wildman–Crippen LogP) is -0.112. The Morgan fingerprint density at radius 3 is 3.00 bits per heavy atom. The van der Waals surface area contributed by atoms with Gasteiger partial charge >= 0.3 is 0 Å². The Kier molecular flexibility index (Phi) is 2.68. The minimum absolute atomic E-state index is 0.00194. The van der Waals surface area contributed by atoms with Crippen LogP contribution in [0.5, 0.6) is 0 Å². The number of carbonyl (C=O) groups is 1. The zero-order valence-corrected chi connectivity index (χ0v) is 7.50. The number of nitrogens with zero attached hydrogens (tertiary/aromatic N) is 1. The van der Waals surface area contributed by atoms with E-state index in [-0.39, 0.29) is 11.9 Å². The maximum atomic E-state index is 11.2. The van der Waals surface area contributed by atoms with Crippen molar-refractivity contribution in [1.29, 1.82) is 0 Å². The van der Waals surface area contributed by atoms with Crippen LogP contribution in [-0.2, 0) is 4.79 Å². The number of nitrogens with two attached hydrogens (primary N) is 1. The molecule has 4 heteroatoms. The minimum Gasteiger partial charge on any atom is -0.386 e. The molecule has 1 heterocycles. The molecule has 12 heavy (non-hydrogen) atoms. The first-order chi connectivity index (χ1) is 5.59. The van der Waals surface area contributed by atoms with E-state index in [4.69, 9.17) is 5.73 Å². The molecule has 0 saturated heterocycles. The van der Waals surface area contributed by atoms with E-state index >= 15 is 0 Å². The van der Waals surface area contributed by atoms with Gasteiger partial charge in [0.15, 0.2) is 0 Å². The van der Waals surface area contributed by atoms with E-state index < -0.39 is 0 Å². The molecule has 1 atom stereocenters. The van der Waals surface area contributed by atoms with E-state index in [0.29, 0.717) is 18.3 Å². The molecule has 0 bridgehead atoms. The maximum Gasteiger partial charge on any atom is 0.245 e. The molecule has 3 N–H and O–H groups in total. The van der Waals surface area contributed by atoms with Crippen LogP contribution in [0, 0.1) is 5.92 Å². The zero-order chi connectivity index (χ0) is 9.14. The zero-order valence-electron chi connectivity index (χ0n) is 7.50. The van der Waals surface area contributed by atoms with Gasteiger partial charge in [0.05, 0.1) is 6.54 Å². The first-order valence-corrected chi connectivity index (χ1v) is 4.19. The number of aliphatic imine (C=N–C) groups is 1. The fraction of sp³-hybridized carbons (Fsp3) is 0.750. The second kappa shape index (κ2) is 3.56. The van der Waals surface area contributed by atoms with Gasteiger partial charge in [0.25, 0.3) is 0 Å². The van der Waals surface area contributed by atoms with Gasteiger partial charge < -0.3 is 11.1 Å². The Balaban J connectivity index is 2.60. The van der Waals surface area contributed by atoms with Crippen molar-refractivity contribution in [3.05, 3.63) is 0 Å². The van der Waals surface area contributed by atoms with Crippen molar-refractivity contribution < 1.29 is 4.79 Å². The fourth-order valence-corrected chi connectivity index (χ4v) is 1.21. The van der Waals surface area contributed by atoms with Crippen LogP contribution in [0.2, 0.25) is 0 Å². The molecule has 4 nitrogen and oxygen atoms in total. The highest BCUT2D eigenvalue weighted by Gasteiger charge is 2.22. The first kappa shape index (κ1) is 9.03. The quantitative estimate of drug-likeness (QED) is 0.605. The molecule has 1 aliphatic heterocycles. The van der Waals surface area contributed by atoms with Crippen LogP contribution in [0.25, 0.3) is 0 Å². The van der Waals surface area contributed by atoms with E-state index in [1.54, 1.807) is 0 Å². The van der Waals surface area contributed by atoms with Gasteiger partial charge in [-0.3, -0.25) is 9.79 Å². The van der Waals surface area contributed by atoms with E-state index in [1.807, 2.05) is 0 Å². The normalized spacial score (nSPS) is 23.8. The van der Waals surface area contributed by atoms with Gasteiger partial charge in [0.1, 0.15) is 11.9 Å². The van der Waals surface area contributed by atoms with Crippen molar-refractivity contribution >= 4 is 11.7 Å². The molecule has 0 spiro atoms. The monoisotopic (exact) mass is 169 g/mol. The Hall–Kier alpha value is -1.06. The smallest absolute Gasteiger partial charge is 0.245 e. The number of hydrogen-bond acceptors (Lipinski definition) is 3. The number of carbonyl (C=O) groups excluding carboxylic acids is 1. The van der Waals surface area contributed by atoms with Crippen molar-refractivity contribution in [3.8, 4) is 0 Å². The van der Waals surface area contributed by atoms with E-state index in [1.165, 1.54) is 0 Å². The summed E-state index contributed by atoms with van der Waals surface area (Å²) < 4.78 is 0. The summed E-state index contributed by atoms with van der Waals surface area (Å²) in [5.74, 6) is 0.994. The molecule has 68 valence electrons. The highest BCUT2D eigenvalue weighted by Crippen LogP contribution is 2.09. The molecule has 0 fully saturated rings. The molecule has 0 aliphatic carbocycles. The average Bonchev–Trinajstić information content (AvgIpc) is 1.96. The molecule has 0 aromatic rings. The number of amides is 1. The Bertz CT molecular complexity index is 210. The number of amidine groups is 1. The summed E-state index contributed by atoms with van der Waals surface area (Å²) in [6, 6.07) is -0.265. The molecule has 0 radical (unpaired) electrons. The number of rotatable bonds is 2. The molecular weight excluding hydrogens is 154 g/mol. The minimum atomic E-state index is -0.265. The second-order valence-corrected chi connectivity index (χ2v) is 3.48. The van der Waals surface area contributed by atoms with Gasteiger partial charge in [-0.05, 0) is 12.3 Å². The van der Waals surface area contributed by atoms with Crippen LogP contribution >= 0.6 is 0 Å². The number of nitrogens with one attached hydrogen (secondary N) is 1. The average molecular weight is 169 g/mol. The van der Waals surface area contributed by atoms with Crippen molar-refractivity contribution in [1.82, 2.24) is 5.32 Å². The summed E-state index contributed by atoms with van der Waals surface area (Å²) in [5, 5.41) is 2.69. The molecular formula is C8H15N3O. The summed E-state index contributed by atoms with van der Waals surface area (Å²) in [5.41, 5.74) is 5.50. The number of hydrogen-bond donors (Lipinski definition) is 2. The van der Waals surface area contributed by atoms with Crippen molar-refractivity contribution in [2.45, 2.75) is 26.3 Å². The van der Waals surface area contributed by atoms with Crippen molar-refractivity contribution in [3.63, 3.8) is 0 Å². The van der Waals surface area contributed by atoms with Crippen molar-refractivity contribution in [2.75, 3.05) is 6.54 Å². The predicted molar refractivity (Wildman–Crippen MR) is 47.9 cm³/mol. The molecule has 0 saturated carbocycles. The Morgan fingerprint density at radius 2 is 2.42 bits per heavy atom. The van der Waals surface area contributed by atoms with Gasteiger partial charge in [-0.15, -0.1) is 0 Å². The van der Waals surface area contributed by atoms with Crippen LogP contribution in [-0.4, -0.2) is 24.3 Å². The first-order valence-electron chi connectivity index (χ1n) is 4.19. The third-order valence-electron chi connectivity index (χ3n) is 1.76. The van der Waals surface area contributed by atoms with E-state index in [0.717, 1.165) is 6.42 Å². The van der Waals surface area contributed by atoms with Crippen LogP contribution < -0.4 is 11.1 Å². The lowest BCUT2D eigenvalue weighted by Gasteiger charge is -2.19. The summed E-state index contributed by atoms with van der Waals surface area (Å²) in [7, 11) is 0. The standard InChI is InChI=1S/C8H15N3O/c1-5(2)3-6-8(12)10-4-7(9)11-6/h5-6H,3-4H2,1-2H3,(H2,9,11)(H,10,12). The fourth-order valence-electron chi connectivity index (χ4n) is 1.21.